The highest BCUT2D eigenvalue weighted by Crippen LogP contribution is 2.30. The number of pyridine rings is 2. The van der Waals surface area contributed by atoms with Crippen LogP contribution in [0.3, 0.4) is 0 Å². The Morgan fingerprint density at radius 1 is 1.07 bits per heavy atom. The minimum Gasteiger partial charge on any atom is -0.365 e. The largest absolute Gasteiger partial charge is 0.365 e. The summed E-state index contributed by atoms with van der Waals surface area (Å²) in [6, 6.07) is 3.71. The SMILES string of the molecule is O=C(Nc1cc2cc(-c3cncc(NCC4(F)CNC4)n3)ncc2cn1)C1CC1. The minimum absolute atomic E-state index is 0.0167. The molecule has 3 N–H and O–H groups in total. The Kier molecular flexibility index (Phi) is 4.31. The van der Waals surface area contributed by atoms with Crippen LogP contribution in [0.1, 0.15) is 12.8 Å². The zero-order valence-corrected chi connectivity index (χ0v) is 15.7. The molecule has 0 aromatic carbocycles. The summed E-state index contributed by atoms with van der Waals surface area (Å²) >= 11 is 0. The number of hydrogen-bond donors (Lipinski definition) is 3. The van der Waals surface area contributed by atoms with Gasteiger partial charge in [0.15, 0.2) is 5.67 Å². The molecule has 3 aromatic heterocycles. The Labute approximate surface area is 166 Å². The number of alkyl halides is 1. The third-order valence-corrected chi connectivity index (χ3v) is 5.17. The van der Waals surface area contributed by atoms with Crippen molar-refractivity contribution in [3.05, 3.63) is 36.9 Å². The molecule has 4 heterocycles. The van der Waals surface area contributed by atoms with E-state index in [1.807, 2.05) is 12.1 Å². The van der Waals surface area contributed by atoms with Crippen LogP contribution >= 0.6 is 0 Å². The van der Waals surface area contributed by atoms with Gasteiger partial charge in [0.05, 0.1) is 24.6 Å². The molecule has 2 fully saturated rings. The van der Waals surface area contributed by atoms with Gasteiger partial charge in [0.25, 0.3) is 0 Å². The molecule has 0 atom stereocenters. The van der Waals surface area contributed by atoms with Gasteiger partial charge in [0.2, 0.25) is 5.91 Å². The number of nitrogens with zero attached hydrogens (tertiary/aromatic N) is 4. The molecule has 5 rings (SSSR count). The second kappa shape index (κ2) is 7.00. The number of nitrogens with one attached hydrogen (secondary N) is 3. The predicted octanol–water partition coefficient (Wildman–Crippen LogP) is 2.16. The summed E-state index contributed by atoms with van der Waals surface area (Å²) in [5, 5.41) is 10.5. The molecule has 1 aliphatic heterocycles. The highest BCUT2D eigenvalue weighted by atomic mass is 19.1. The average Bonchev–Trinajstić information content (AvgIpc) is 3.56. The van der Waals surface area contributed by atoms with Crippen LogP contribution in [0.4, 0.5) is 16.0 Å². The monoisotopic (exact) mass is 393 g/mol. The maximum absolute atomic E-state index is 14.2. The van der Waals surface area contributed by atoms with Gasteiger partial charge in [-0.1, -0.05) is 0 Å². The molecule has 1 saturated carbocycles. The smallest absolute Gasteiger partial charge is 0.228 e. The van der Waals surface area contributed by atoms with Crippen molar-refractivity contribution in [2.24, 2.45) is 5.92 Å². The van der Waals surface area contributed by atoms with Crippen molar-refractivity contribution < 1.29 is 9.18 Å². The molecule has 0 unspecified atom stereocenters. The highest BCUT2D eigenvalue weighted by molar-refractivity contribution is 5.95. The Balaban J connectivity index is 1.37. The van der Waals surface area contributed by atoms with E-state index in [1.165, 1.54) is 0 Å². The maximum atomic E-state index is 14.2. The van der Waals surface area contributed by atoms with Crippen molar-refractivity contribution >= 4 is 28.3 Å². The van der Waals surface area contributed by atoms with Gasteiger partial charge in [-0.25, -0.2) is 14.4 Å². The van der Waals surface area contributed by atoms with Crippen LogP contribution < -0.4 is 16.0 Å². The van der Waals surface area contributed by atoms with E-state index >= 15 is 0 Å². The lowest BCUT2D eigenvalue weighted by Crippen LogP contribution is -2.59. The third kappa shape index (κ3) is 3.86. The zero-order chi connectivity index (χ0) is 19.8. The summed E-state index contributed by atoms with van der Waals surface area (Å²) in [7, 11) is 0. The van der Waals surface area contributed by atoms with Gasteiger partial charge in [-0.05, 0) is 30.4 Å². The van der Waals surface area contributed by atoms with Crippen LogP contribution in [-0.4, -0.2) is 51.1 Å². The van der Waals surface area contributed by atoms with Crippen LogP contribution in [0.2, 0.25) is 0 Å². The molecule has 1 saturated heterocycles. The zero-order valence-electron chi connectivity index (χ0n) is 15.7. The molecule has 0 bridgehead atoms. The molecule has 1 amide bonds. The van der Waals surface area contributed by atoms with Gasteiger partial charge in [0, 0.05) is 36.8 Å². The van der Waals surface area contributed by atoms with Gasteiger partial charge >= 0.3 is 0 Å². The summed E-state index contributed by atoms with van der Waals surface area (Å²) in [4.78, 5) is 29.4. The Morgan fingerprint density at radius 2 is 1.90 bits per heavy atom. The first kappa shape index (κ1) is 17.9. The fourth-order valence-corrected chi connectivity index (χ4v) is 3.17. The van der Waals surface area contributed by atoms with Crippen molar-refractivity contribution in [2.45, 2.75) is 18.5 Å². The Morgan fingerprint density at radius 3 is 2.66 bits per heavy atom. The standard InChI is InChI=1S/C20H20FN7O/c21-20(9-23-10-20)11-26-18-8-22-7-16(27-18)15-3-13-4-17(25-6-14(13)5-24-15)28-19(29)12-1-2-12/h3-8,12,23H,1-2,9-11H2,(H,26,27)(H,25,28,29). The van der Waals surface area contributed by atoms with Crippen LogP contribution in [0.15, 0.2) is 36.9 Å². The van der Waals surface area contributed by atoms with E-state index in [-0.39, 0.29) is 18.4 Å². The third-order valence-electron chi connectivity index (χ3n) is 5.17. The lowest BCUT2D eigenvalue weighted by Gasteiger charge is -2.34. The topological polar surface area (TPSA) is 105 Å². The lowest BCUT2D eigenvalue weighted by molar-refractivity contribution is -0.117. The number of hydrogen-bond acceptors (Lipinski definition) is 7. The Hall–Kier alpha value is -3.20. The minimum atomic E-state index is -1.24. The predicted molar refractivity (Wildman–Crippen MR) is 107 cm³/mol. The van der Waals surface area contributed by atoms with E-state index in [2.05, 4.69) is 35.9 Å². The summed E-state index contributed by atoms with van der Waals surface area (Å²) in [5.74, 6) is 1.16. The van der Waals surface area contributed by atoms with E-state index in [4.69, 9.17) is 0 Å². The lowest BCUT2D eigenvalue weighted by atomic mass is 10.00. The van der Waals surface area contributed by atoms with E-state index in [0.29, 0.717) is 36.1 Å². The van der Waals surface area contributed by atoms with Crippen LogP contribution in [0.5, 0.6) is 0 Å². The first-order valence-corrected chi connectivity index (χ1v) is 9.61. The fourth-order valence-electron chi connectivity index (χ4n) is 3.17. The Bertz CT molecular complexity index is 1080. The van der Waals surface area contributed by atoms with E-state index in [9.17, 15) is 9.18 Å². The van der Waals surface area contributed by atoms with E-state index in [1.54, 1.807) is 24.8 Å². The molecule has 29 heavy (non-hydrogen) atoms. The maximum Gasteiger partial charge on any atom is 0.228 e. The van der Waals surface area contributed by atoms with Gasteiger partial charge < -0.3 is 16.0 Å². The summed E-state index contributed by atoms with van der Waals surface area (Å²) in [6.07, 6.45) is 8.46. The number of anilines is 2. The molecule has 0 spiro atoms. The number of carbonyl (C=O) groups excluding carboxylic acids is 1. The second-order valence-corrected chi connectivity index (χ2v) is 7.65. The van der Waals surface area contributed by atoms with Crippen LogP contribution in [0.25, 0.3) is 22.2 Å². The number of rotatable bonds is 6. The highest BCUT2D eigenvalue weighted by Gasteiger charge is 2.36. The van der Waals surface area contributed by atoms with Crippen molar-refractivity contribution in [1.29, 1.82) is 0 Å². The van der Waals surface area contributed by atoms with Gasteiger partial charge in [0.1, 0.15) is 17.3 Å². The molecule has 1 aliphatic carbocycles. The first-order valence-electron chi connectivity index (χ1n) is 9.61. The summed E-state index contributed by atoms with van der Waals surface area (Å²) in [6.45, 7) is 0.860. The van der Waals surface area contributed by atoms with Crippen molar-refractivity contribution in [3.8, 4) is 11.4 Å². The van der Waals surface area contributed by atoms with Crippen molar-refractivity contribution in [1.82, 2.24) is 25.3 Å². The molecule has 9 heteroatoms. The molecular weight excluding hydrogens is 373 g/mol. The van der Waals surface area contributed by atoms with Gasteiger partial charge in [-0.2, -0.15) is 0 Å². The summed E-state index contributed by atoms with van der Waals surface area (Å²) < 4.78 is 14.2. The number of fused-ring (bicyclic) bond motifs is 1. The number of halogens is 1. The number of amides is 1. The quantitative estimate of drug-likeness (QED) is 0.589. The number of carbonyl (C=O) groups is 1. The fraction of sp³-hybridized carbons (Fsp3) is 0.350. The first-order chi connectivity index (χ1) is 14.1. The molecule has 8 nitrogen and oxygen atoms in total. The van der Waals surface area contributed by atoms with E-state index < -0.39 is 5.67 Å². The summed E-state index contributed by atoms with van der Waals surface area (Å²) in [5.41, 5.74) is -0.0239. The second-order valence-electron chi connectivity index (χ2n) is 7.65. The van der Waals surface area contributed by atoms with E-state index in [0.717, 1.165) is 23.6 Å². The molecule has 0 radical (unpaired) electrons. The molecule has 2 aliphatic rings. The molecule has 3 aromatic rings. The average molecular weight is 393 g/mol. The normalized spacial score (nSPS) is 17.6. The van der Waals surface area contributed by atoms with Gasteiger partial charge in [-0.3, -0.25) is 14.8 Å². The number of aromatic nitrogens is 4. The van der Waals surface area contributed by atoms with Crippen molar-refractivity contribution in [3.63, 3.8) is 0 Å². The molecular formula is C20H20FN7O. The molecule has 148 valence electrons. The van der Waals surface area contributed by atoms with Crippen molar-refractivity contribution in [2.75, 3.05) is 30.3 Å². The van der Waals surface area contributed by atoms with Crippen LogP contribution in [0, 0.1) is 5.92 Å². The van der Waals surface area contributed by atoms with Gasteiger partial charge in [-0.15, -0.1) is 0 Å². The van der Waals surface area contributed by atoms with Crippen LogP contribution in [-0.2, 0) is 4.79 Å².